The summed E-state index contributed by atoms with van der Waals surface area (Å²) in [6.07, 6.45) is 13.9. The average molecular weight is 309 g/mol. The summed E-state index contributed by atoms with van der Waals surface area (Å²) in [5.41, 5.74) is 5.14. The number of hydrogen-bond acceptors (Lipinski definition) is 0. The first kappa shape index (κ1) is 15.5. The third-order valence-electron chi connectivity index (χ3n) is 8.41. The van der Waals surface area contributed by atoms with Gasteiger partial charge in [0.15, 0.2) is 0 Å². The predicted octanol–water partition coefficient (Wildman–Crippen LogP) is 6.47. The molecular weight excluding hydrogens is 276 g/mol. The number of fused-ring (bicyclic) bond motifs is 5. The summed E-state index contributed by atoms with van der Waals surface area (Å²) in [5.74, 6) is 3.32. The molecular formula is C23H32. The van der Waals surface area contributed by atoms with Gasteiger partial charge < -0.3 is 0 Å². The highest BCUT2D eigenvalue weighted by Gasteiger charge is 2.58. The van der Waals surface area contributed by atoms with Crippen LogP contribution in [0.25, 0.3) is 0 Å². The number of hydrogen-bond donors (Lipinski definition) is 0. The Labute approximate surface area is 142 Å². The highest BCUT2D eigenvalue weighted by Crippen LogP contribution is 2.67. The van der Waals surface area contributed by atoms with E-state index in [0.29, 0.717) is 10.8 Å². The fourth-order valence-electron chi connectivity index (χ4n) is 7.07. The SMILES string of the molecule is C=CC1CCC2C3CC(=C)C4=CC(=C)CCC4(C)C3CCC12C. The smallest absolute Gasteiger partial charge is 0.00384 e. The van der Waals surface area contributed by atoms with E-state index in [1.165, 1.54) is 56.1 Å². The van der Waals surface area contributed by atoms with Gasteiger partial charge in [-0.05, 0) is 85.0 Å². The summed E-state index contributed by atoms with van der Waals surface area (Å²) < 4.78 is 0. The lowest BCUT2D eigenvalue weighted by molar-refractivity contribution is -0.0333. The van der Waals surface area contributed by atoms with E-state index in [4.69, 9.17) is 0 Å². The van der Waals surface area contributed by atoms with E-state index in [2.05, 4.69) is 45.7 Å². The lowest BCUT2D eigenvalue weighted by Gasteiger charge is -2.58. The molecule has 6 atom stereocenters. The first-order valence-corrected chi connectivity index (χ1v) is 9.61. The lowest BCUT2D eigenvalue weighted by Crippen LogP contribution is -2.50. The first-order valence-electron chi connectivity index (χ1n) is 9.61. The van der Waals surface area contributed by atoms with Crippen LogP contribution in [0.3, 0.4) is 0 Å². The molecule has 0 heterocycles. The Balaban J connectivity index is 1.73. The second-order valence-electron chi connectivity index (χ2n) is 9.28. The molecule has 23 heavy (non-hydrogen) atoms. The van der Waals surface area contributed by atoms with Crippen LogP contribution in [-0.4, -0.2) is 0 Å². The third-order valence-corrected chi connectivity index (χ3v) is 8.41. The average Bonchev–Trinajstić information content (AvgIpc) is 2.86. The zero-order chi connectivity index (χ0) is 16.4. The normalized spacial score (nSPS) is 49.0. The van der Waals surface area contributed by atoms with Gasteiger partial charge in [-0.3, -0.25) is 0 Å². The number of allylic oxidation sites excluding steroid dienone is 5. The van der Waals surface area contributed by atoms with Crippen molar-refractivity contribution in [3.8, 4) is 0 Å². The molecule has 0 aliphatic heterocycles. The molecule has 0 N–H and O–H groups in total. The van der Waals surface area contributed by atoms with Gasteiger partial charge in [-0.15, -0.1) is 6.58 Å². The molecule has 4 aliphatic carbocycles. The Kier molecular flexibility index (Phi) is 3.35. The van der Waals surface area contributed by atoms with Gasteiger partial charge in [0.05, 0.1) is 0 Å². The van der Waals surface area contributed by atoms with E-state index in [1.807, 2.05) is 0 Å². The molecule has 3 fully saturated rings. The molecule has 4 aliphatic rings. The topological polar surface area (TPSA) is 0 Å². The van der Waals surface area contributed by atoms with Crippen molar-refractivity contribution < 1.29 is 0 Å². The second-order valence-corrected chi connectivity index (χ2v) is 9.28. The molecule has 4 rings (SSSR count). The van der Waals surface area contributed by atoms with Crippen LogP contribution in [0.4, 0.5) is 0 Å². The fraction of sp³-hybridized carbons (Fsp3) is 0.652. The molecule has 0 spiro atoms. The highest BCUT2D eigenvalue weighted by atomic mass is 14.6. The molecule has 3 saturated carbocycles. The van der Waals surface area contributed by atoms with Crippen LogP contribution in [0, 0.1) is 34.5 Å². The predicted molar refractivity (Wildman–Crippen MR) is 99.1 cm³/mol. The molecule has 0 heteroatoms. The van der Waals surface area contributed by atoms with Gasteiger partial charge in [-0.25, -0.2) is 0 Å². The minimum absolute atomic E-state index is 0.356. The third kappa shape index (κ3) is 1.96. The van der Waals surface area contributed by atoms with E-state index < -0.39 is 0 Å². The van der Waals surface area contributed by atoms with Gasteiger partial charge in [-0.2, -0.15) is 0 Å². The summed E-state index contributed by atoms with van der Waals surface area (Å²) >= 11 is 0. The Morgan fingerprint density at radius 1 is 1.09 bits per heavy atom. The molecule has 0 aromatic carbocycles. The van der Waals surface area contributed by atoms with Crippen molar-refractivity contribution in [1.82, 2.24) is 0 Å². The maximum absolute atomic E-state index is 4.52. The summed E-state index contributed by atoms with van der Waals surface area (Å²) in [6, 6.07) is 0. The van der Waals surface area contributed by atoms with Gasteiger partial charge in [0.1, 0.15) is 0 Å². The molecule has 0 radical (unpaired) electrons. The van der Waals surface area contributed by atoms with Crippen molar-refractivity contribution in [2.75, 3.05) is 0 Å². The fourth-order valence-corrected chi connectivity index (χ4v) is 7.07. The van der Waals surface area contributed by atoms with Crippen LogP contribution in [0.1, 0.15) is 58.8 Å². The molecule has 0 bridgehead atoms. The molecule has 6 unspecified atom stereocenters. The Morgan fingerprint density at radius 3 is 2.61 bits per heavy atom. The lowest BCUT2D eigenvalue weighted by atomic mass is 9.46. The number of rotatable bonds is 1. The quantitative estimate of drug-likeness (QED) is 0.487. The molecule has 0 aromatic heterocycles. The molecule has 0 saturated heterocycles. The van der Waals surface area contributed by atoms with E-state index in [9.17, 15) is 0 Å². The van der Waals surface area contributed by atoms with Crippen LogP contribution in [0.2, 0.25) is 0 Å². The van der Waals surface area contributed by atoms with Gasteiger partial charge in [0, 0.05) is 0 Å². The minimum Gasteiger partial charge on any atom is -0.103 e. The van der Waals surface area contributed by atoms with Crippen LogP contribution >= 0.6 is 0 Å². The van der Waals surface area contributed by atoms with Crippen molar-refractivity contribution in [3.05, 3.63) is 48.6 Å². The monoisotopic (exact) mass is 308 g/mol. The minimum atomic E-state index is 0.356. The molecule has 0 nitrogen and oxygen atoms in total. The van der Waals surface area contributed by atoms with E-state index >= 15 is 0 Å². The zero-order valence-electron chi connectivity index (χ0n) is 15.0. The van der Waals surface area contributed by atoms with Gasteiger partial charge in [0.2, 0.25) is 0 Å². The van der Waals surface area contributed by atoms with Crippen molar-refractivity contribution in [2.45, 2.75) is 58.8 Å². The molecule has 0 aromatic rings. The van der Waals surface area contributed by atoms with Crippen molar-refractivity contribution >= 4 is 0 Å². The maximum atomic E-state index is 4.52. The van der Waals surface area contributed by atoms with E-state index in [-0.39, 0.29) is 0 Å². The van der Waals surface area contributed by atoms with Crippen molar-refractivity contribution in [1.29, 1.82) is 0 Å². The Hall–Kier alpha value is -1.04. The maximum Gasteiger partial charge on any atom is -0.00384 e. The van der Waals surface area contributed by atoms with Crippen LogP contribution in [0.5, 0.6) is 0 Å². The molecule has 124 valence electrons. The van der Waals surface area contributed by atoms with Crippen molar-refractivity contribution in [3.63, 3.8) is 0 Å². The van der Waals surface area contributed by atoms with Crippen LogP contribution < -0.4 is 0 Å². The highest BCUT2D eigenvalue weighted by molar-refractivity contribution is 5.45. The standard InChI is InChI=1S/C23H32/c1-6-17-7-8-19-18-14-16(3)21-13-15(2)9-11-23(21,5)20(18)10-12-22(17,19)4/h6,13,17-20H,1-3,7-12,14H2,4-5H3. The van der Waals surface area contributed by atoms with E-state index in [0.717, 1.165) is 23.7 Å². The summed E-state index contributed by atoms with van der Waals surface area (Å²) in [4.78, 5) is 0. The first-order chi connectivity index (χ1) is 10.9. The largest absolute Gasteiger partial charge is 0.103 e. The Morgan fingerprint density at radius 2 is 1.87 bits per heavy atom. The van der Waals surface area contributed by atoms with Crippen LogP contribution in [-0.2, 0) is 0 Å². The van der Waals surface area contributed by atoms with Crippen molar-refractivity contribution in [2.24, 2.45) is 34.5 Å². The van der Waals surface area contributed by atoms with Gasteiger partial charge in [0.25, 0.3) is 0 Å². The summed E-state index contributed by atoms with van der Waals surface area (Å²) in [6.45, 7) is 18.0. The van der Waals surface area contributed by atoms with Gasteiger partial charge in [-0.1, -0.05) is 50.3 Å². The second kappa shape index (κ2) is 4.98. The summed E-state index contributed by atoms with van der Waals surface area (Å²) in [7, 11) is 0. The Bertz CT molecular complexity index is 606. The van der Waals surface area contributed by atoms with Gasteiger partial charge >= 0.3 is 0 Å². The van der Waals surface area contributed by atoms with Crippen LogP contribution in [0.15, 0.2) is 48.6 Å². The zero-order valence-corrected chi connectivity index (χ0v) is 15.0. The summed E-state index contributed by atoms with van der Waals surface area (Å²) in [5, 5.41) is 0. The van der Waals surface area contributed by atoms with E-state index in [1.54, 1.807) is 5.57 Å². The molecule has 0 amide bonds.